The van der Waals surface area contributed by atoms with Crippen LogP contribution in [0.5, 0.6) is 5.88 Å². The number of unbranched alkanes of at least 4 members (excludes halogenated alkanes) is 1. The Kier molecular flexibility index (Phi) is 5.77. The molecule has 0 bridgehead atoms. The lowest BCUT2D eigenvalue weighted by molar-refractivity contribution is 0.00578. The molecule has 5 nitrogen and oxygen atoms in total. The number of aromatic nitrogens is 1. The van der Waals surface area contributed by atoms with Crippen molar-refractivity contribution in [3.63, 3.8) is 0 Å². The molecule has 2 heterocycles. The molecule has 6 heteroatoms. The molecule has 1 N–H and O–H groups in total. The summed E-state index contributed by atoms with van der Waals surface area (Å²) in [6, 6.07) is 13.8. The van der Waals surface area contributed by atoms with Crippen molar-refractivity contribution in [2.75, 3.05) is 11.9 Å². The number of hydrogen-bond acceptors (Lipinski definition) is 5. The van der Waals surface area contributed by atoms with Gasteiger partial charge in [-0.2, -0.15) is 4.98 Å². The zero-order chi connectivity index (χ0) is 19.5. The second-order valence-corrected chi connectivity index (χ2v) is 7.90. The van der Waals surface area contributed by atoms with E-state index in [0.717, 1.165) is 29.8 Å². The van der Waals surface area contributed by atoms with Crippen LogP contribution in [0.2, 0.25) is 0 Å². The van der Waals surface area contributed by atoms with Gasteiger partial charge in [0.2, 0.25) is 5.88 Å². The number of rotatable bonds is 7. The highest BCUT2D eigenvalue weighted by Gasteiger charge is 2.51. The predicted octanol–water partition coefficient (Wildman–Crippen LogP) is 4.30. The van der Waals surface area contributed by atoms with Crippen LogP contribution in [-0.2, 0) is 9.31 Å². The molecule has 1 aromatic heterocycles. The lowest BCUT2D eigenvalue weighted by Gasteiger charge is -2.32. The Morgan fingerprint density at radius 2 is 1.67 bits per heavy atom. The van der Waals surface area contributed by atoms with Gasteiger partial charge < -0.3 is 19.4 Å². The molecule has 0 atom stereocenters. The third kappa shape index (κ3) is 4.63. The first-order chi connectivity index (χ1) is 12.8. The van der Waals surface area contributed by atoms with Gasteiger partial charge in [-0.15, -0.1) is 0 Å². The van der Waals surface area contributed by atoms with Crippen molar-refractivity contribution < 1.29 is 14.0 Å². The highest BCUT2D eigenvalue weighted by molar-refractivity contribution is 6.62. The molecule has 1 aromatic carbocycles. The van der Waals surface area contributed by atoms with E-state index in [4.69, 9.17) is 14.0 Å². The Labute approximate surface area is 162 Å². The maximum atomic E-state index is 6.10. The first-order valence-electron chi connectivity index (χ1n) is 9.63. The summed E-state index contributed by atoms with van der Waals surface area (Å²) in [5.74, 6) is 1.40. The van der Waals surface area contributed by atoms with Gasteiger partial charge in [0.1, 0.15) is 5.82 Å². The summed E-state index contributed by atoms with van der Waals surface area (Å²) in [4.78, 5) is 4.50. The van der Waals surface area contributed by atoms with Crippen molar-refractivity contribution >= 4 is 24.1 Å². The summed E-state index contributed by atoms with van der Waals surface area (Å²) in [5, 5.41) is 3.31. The molecule has 1 aliphatic rings. The van der Waals surface area contributed by atoms with Gasteiger partial charge in [0.15, 0.2) is 0 Å². The molecule has 0 unspecified atom stereocenters. The molecule has 0 amide bonds. The number of nitrogens with one attached hydrogen (secondary N) is 1. The number of benzene rings is 1. The van der Waals surface area contributed by atoms with E-state index in [1.54, 1.807) is 0 Å². The van der Waals surface area contributed by atoms with Crippen LogP contribution in [0, 0.1) is 0 Å². The molecule has 0 saturated carbocycles. The number of anilines is 2. The summed E-state index contributed by atoms with van der Waals surface area (Å²) in [6.07, 6.45) is 2.13. The minimum atomic E-state index is -0.350. The Hall–Kier alpha value is -2.05. The molecular weight excluding hydrogens is 339 g/mol. The molecule has 1 saturated heterocycles. The van der Waals surface area contributed by atoms with Gasteiger partial charge in [-0.3, -0.25) is 0 Å². The molecule has 1 aliphatic heterocycles. The molecule has 27 heavy (non-hydrogen) atoms. The number of hydrogen-bond donors (Lipinski definition) is 1. The summed E-state index contributed by atoms with van der Waals surface area (Å²) in [6.45, 7) is 11.1. The summed E-state index contributed by atoms with van der Waals surface area (Å²) >= 11 is 0. The Bertz CT molecular complexity index is 746. The van der Waals surface area contributed by atoms with E-state index < -0.39 is 0 Å². The quantitative estimate of drug-likeness (QED) is 0.583. The van der Waals surface area contributed by atoms with Crippen LogP contribution in [0.25, 0.3) is 0 Å². The number of ether oxygens (including phenoxy) is 1. The summed E-state index contributed by atoms with van der Waals surface area (Å²) in [7, 11) is -0.350. The molecule has 0 spiro atoms. The Morgan fingerprint density at radius 1 is 1.00 bits per heavy atom. The molecule has 2 aromatic rings. The zero-order valence-corrected chi connectivity index (χ0v) is 16.9. The maximum absolute atomic E-state index is 6.10. The standard InChI is InChI=1S/C21H29BN2O3/c1-6-7-15-25-19-10-8-9-18(24-19)23-17-13-11-16(12-14-17)22-26-20(2,3)21(4,5)27-22/h8-14H,6-7,15H2,1-5H3,(H,23,24). The van der Waals surface area contributed by atoms with E-state index in [-0.39, 0.29) is 18.3 Å². The minimum Gasteiger partial charge on any atom is -0.478 e. The van der Waals surface area contributed by atoms with E-state index in [9.17, 15) is 0 Å². The van der Waals surface area contributed by atoms with Gasteiger partial charge in [-0.05, 0) is 57.8 Å². The van der Waals surface area contributed by atoms with E-state index >= 15 is 0 Å². The van der Waals surface area contributed by atoms with Gasteiger partial charge in [-0.1, -0.05) is 31.5 Å². The highest BCUT2D eigenvalue weighted by atomic mass is 16.7. The molecule has 1 fully saturated rings. The van der Waals surface area contributed by atoms with Crippen LogP contribution in [-0.4, -0.2) is 29.9 Å². The topological polar surface area (TPSA) is 52.6 Å². The molecule has 3 rings (SSSR count). The van der Waals surface area contributed by atoms with Crippen molar-refractivity contribution in [1.29, 1.82) is 0 Å². The third-order valence-electron chi connectivity index (χ3n) is 5.18. The fourth-order valence-electron chi connectivity index (χ4n) is 2.74. The second kappa shape index (κ2) is 7.91. The van der Waals surface area contributed by atoms with Crippen LogP contribution in [0.3, 0.4) is 0 Å². The number of nitrogens with zero attached hydrogens (tertiary/aromatic N) is 1. The lowest BCUT2D eigenvalue weighted by atomic mass is 9.79. The van der Waals surface area contributed by atoms with Crippen molar-refractivity contribution in [2.24, 2.45) is 0 Å². The van der Waals surface area contributed by atoms with E-state index in [0.29, 0.717) is 12.5 Å². The van der Waals surface area contributed by atoms with Crippen LogP contribution in [0.4, 0.5) is 11.5 Å². The van der Waals surface area contributed by atoms with Crippen molar-refractivity contribution in [1.82, 2.24) is 4.98 Å². The Morgan fingerprint density at radius 3 is 2.30 bits per heavy atom. The fourth-order valence-corrected chi connectivity index (χ4v) is 2.74. The SMILES string of the molecule is CCCCOc1cccc(Nc2ccc(B3OC(C)(C)C(C)(C)O3)cc2)n1. The van der Waals surface area contributed by atoms with Crippen molar-refractivity contribution in [3.05, 3.63) is 42.5 Å². The zero-order valence-electron chi connectivity index (χ0n) is 16.9. The second-order valence-electron chi connectivity index (χ2n) is 7.90. The van der Waals surface area contributed by atoms with Crippen LogP contribution in [0.15, 0.2) is 42.5 Å². The normalized spacial score (nSPS) is 17.7. The highest BCUT2D eigenvalue weighted by Crippen LogP contribution is 2.36. The van der Waals surface area contributed by atoms with E-state index in [1.165, 1.54) is 0 Å². The van der Waals surface area contributed by atoms with Crippen LogP contribution in [0.1, 0.15) is 47.5 Å². The van der Waals surface area contributed by atoms with E-state index in [1.807, 2.05) is 42.5 Å². The molecule has 144 valence electrons. The summed E-state index contributed by atoms with van der Waals surface area (Å²) in [5.41, 5.74) is 1.28. The average Bonchev–Trinajstić information content (AvgIpc) is 2.84. The first-order valence-corrected chi connectivity index (χ1v) is 9.63. The smallest absolute Gasteiger partial charge is 0.478 e. The minimum absolute atomic E-state index is 0.337. The van der Waals surface area contributed by atoms with Gasteiger partial charge in [0.25, 0.3) is 0 Å². The molecular formula is C21H29BN2O3. The average molecular weight is 368 g/mol. The lowest BCUT2D eigenvalue weighted by Crippen LogP contribution is -2.41. The number of pyridine rings is 1. The van der Waals surface area contributed by atoms with Gasteiger partial charge in [-0.25, -0.2) is 0 Å². The van der Waals surface area contributed by atoms with Gasteiger partial charge >= 0.3 is 7.12 Å². The monoisotopic (exact) mass is 368 g/mol. The fraction of sp³-hybridized carbons (Fsp3) is 0.476. The van der Waals surface area contributed by atoms with E-state index in [2.05, 4.69) is 44.9 Å². The van der Waals surface area contributed by atoms with Crippen LogP contribution < -0.4 is 15.5 Å². The van der Waals surface area contributed by atoms with Gasteiger partial charge in [0, 0.05) is 11.8 Å². The summed E-state index contributed by atoms with van der Waals surface area (Å²) < 4.78 is 17.9. The first kappa shape index (κ1) is 19.7. The maximum Gasteiger partial charge on any atom is 0.494 e. The van der Waals surface area contributed by atoms with Crippen LogP contribution >= 0.6 is 0 Å². The molecule has 0 aliphatic carbocycles. The van der Waals surface area contributed by atoms with Crippen molar-refractivity contribution in [2.45, 2.75) is 58.7 Å². The third-order valence-corrected chi connectivity index (χ3v) is 5.18. The van der Waals surface area contributed by atoms with Gasteiger partial charge in [0.05, 0.1) is 17.8 Å². The predicted molar refractivity (Wildman–Crippen MR) is 110 cm³/mol. The largest absolute Gasteiger partial charge is 0.494 e. The molecule has 0 radical (unpaired) electrons. The Balaban J connectivity index is 1.64. The van der Waals surface area contributed by atoms with Crippen molar-refractivity contribution in [3.8, 4) is 5.88 Å².